The highest BCUT2D eigenvalue weighted by molar-refractivity contribution is 6.30. The Hall–Kier alpha value is -1.85. The number of para-hydroxylation sites is 1. The number of amides is 1. The molecule has 1 amide bonds. The highest BCUT2D eigenvalue weighted by atomic mass is 35.5. The van der Waals surface area contributed by atoms with Crippen LogP contribution in [0.25, 0.3) is 5.69 Å². The number of nitrogens with one attached hydrogen (secondary N) is 1. The van der Waals surface area contributed by atoms with Crippen LogP contribution in [0, 0.1) is 6.92 Å². The summed E-state index contributed by atoms with van der Waals surface area (Å²) in [5.74, 6) is 0.0265. The molecule has 6 heteroatoms. The Morgan fingerprint density at radius 2 is 2.04 bits per heavy atom. The first-order chi connectivity index (χ1) is 11.0. The molecule has 1 aromatic heterocycles. The molecular weight excluding hydrogens is 312 g/mol. The lowest BCUT2D eigenvalue weighted by Gasteiger charge is -2.16. The molecule has 23 heavy (non-hydrogen) atoms. The fraction of sp³-hybridized carbons (Fsp3) is 0.412. The van der Waals surface area contributed by atoms with E-state index in [-0.39, 0.29) is 5.91 Å². The van der Waals surface area contributed by atoms with Crippen molar-refractivity contribution in [2.24, 2.45) is 0 Å². The maximum atomic E-state index is 11.8. The van der Waals surface area contributed by atoms with E-state index in [0.717, 1.165) is 23.4 Å². The predicted molar refractivity (Wildman–Crippen MR) is 92.9 cm³/mol. The van der Waals surface area contributed by atoms with Gasteiger partial charge in [0.05, 0.1) is 17.9 Å². The number of halogens is 1. The quantitative estimate of drug-likeness (QED) is 0.847. The van der Waals surface area contributed by atoms with Crippen LogP contribution in [0.2, 0.25) is 5.15 Å². The number of hydrogen-bond acceptors (Lipinski definition) is 3. The Morgan fingerprint density at radius 3 is 2.70 bits per heavy atom. The van der Waals surface area contributed by atoms with Gasteiger partial charge in [0.1, 0.15) is 5.15 Å². The molecule has 0 radical (unpaired) electrons. The Morgan fingerprint density at radius 1 is 1.35 bits per heavy atom. The minimum Gasteiger partial charge on any atom is -0.355 e. The van der Waals surface area contributed by atoms with Crippen LogP contribution in [0.15, 0.2) is 30.3 Å². The summed E-state index contributed by atoms with van der Waals surface area (Å²) in [5, 5.41) is 7.99. The number of likely N-dealkylation sites (N-methyl/N-ethyl adjacent to an activating group) is 1. The molecule has 0 aliphatic rings. The number of nitrogens with zero attached hydrogens (tertiary/aromatic N) is 3. The molecule has 0 saturated heterocycles. The molecule has 0 spiro atoms. The summed E-state index contributed by atoms with van der Waals surface area (Å²) in [6.45, 7) is 5.60. The summed E-state index contributed by atoms with van der Waals surface area (Å²) in [6.07, 6.45) is 0.935. The molecular formula is C17H23ClN4O. The number of hydrogen-bond donors (Lipinski definition) is 1. The van der Waals surface area contributed by atoms with E-state index in [2.05, 4.69) is 10.4 Å². The van der Waals surface area contributed by atoms with E-state index >= 15 is 0 Å². The summed E-state index contributed by atoms with van der Waals surface area (Å²) in [7, 11) is 1.90. The fourth-order valence-corrected chi connectivity index (χ4v) is 2.67. The third-order valence-electron chi connectivity index (χ3n) is 3.54. The van der Waals surface area contributed by atoms with Gasteiger partial charge in [-0.3, -0.25) is 9.69 Å². The van der Waals surface area contributed by atoms with Crippen molar-refractivity contribution in [1.82, 2.24) is 20.0 Å². The largest absolute Gasteiger partial charge is 0.355 e. The number of benzene rings is 1. The summed E-state index contributed by atoms with van der Waals surface area (Å²) >= 11 is 6.50. The average Bonchev–Trinajstić information content (AvgIpc) is 2.82. The number of aromatic nitrogens is 2. The Balaban J connectivity index is 2.09. The van der Waals surface area contributed by atoms with E-state index in [1.54, 1.807) is 4.68 Å². The molecule has 0 aliphatic heterocycles. The molecule has 0 fully saturated rings. The molecule has 1 heterocycles. The Bertz CT molecular complexity index is 654. The van der Waals surface area contributed by atoms with Crippen LogP contribution < -0.4 is 5.32 Å². The van der Waals surface area contributed by atoms with E-state index in [1.807, 2.05) is 56.1 Å². The van der Waals surface area contributed by atoms with Gasteiger partial charge in [-0.15, -0.1) is 0 Å². The number of carbonyl (C=O) groups excluding carboxylic acids is 1. The van der Waals surface area contributed by atoms with Gasteiger partial charge in [-0.25, -0.2) is 4.68 Å². The number of carbonyl (C=O) groups is 1. The SMILES string of the molecule is CCCNC(=O)CN(C)Cc1c(C)nn(-c2ccccc2)c1Cl. The minimum atomic E-state index is 0.0265. The Kier molecular flexibility index (Phi) is 6.19. The molecule has 1 aromatic carbocycles. The van der Waals surface area contributed by atoms with Gasteiger partial charge in [0.2, 0.25) is 5.91 Å². The second kappa shape index (κ2) is 8.13. The highest BCUT2D eigenvalue weighted by Crippen LogP contribution is 2.24. The summed E-state index contributed by atoms with van der Waals surface area (Å²) in [6, 6.07) is 9.78. The topological polar surface area (TPSA) is 50.2 Å². The van der Waals surface area contributed by atoms with Gasteiger partial charge in [-0.2, -0.15) is 5.10 Å². The van der Waals surface area contributed by atoms with E-state index in [1.165, 1.54) is 0 Å². The molecule has 0 unspecified atom stereocenters. The summed E-state index contributed by atoms with van der Waals surface area (Å²) < 4.78 is 1.73. The standard InChI is InChI=1S/C17H23ClN4O/c1-4-10-19-16(23)12-21(3)11-15-13(2)20-22(17(15)18)14-8-6-5-7-9-14/h5-9H,4,10-12H2,1-3H3,(H,19,23). The molecule has 2 aromatic rings. The minimum absolute atomic E-state index is 0.0265. The summed E-state index contributed by atoms with van der Waals surface area (Å²) in [4.78, 5) is 13.7. The molecule has 124 valence electrons. The van der Waals surface area contributed by atoms with Crippen LogP contribution in [-0.4, -0.2) is 40.7 Å². The zero-order valence-corrected chi connectivity index (χ0v) is 14.6. The van der Waals surface area contributed by atoms with Crippen molar-refractivity contribution in [2.75, 3.05) is 20.1 Å². The fourth-order valence-electron chi connectivity index (χ4n) is 2.34. The average molecular weight is 335 g/mol. The predicted octanol–water partition coefficient (Wildman–Crippen LogP) is 2.79. The van der Waals surface area contributed by atoms with E-state index in [0.29, 0.717) is 24.8 Å². The first-order valence-electron chi connectivity index (χ1n) is 7.77. The molecule has 2 rings (SSSR count). The lowest BCUT2D eigenvalue weighted by atomic mass is 10.2. The van der Waals surface area contributed by atoms with Gasteiger partial charge in [-0.05, 0) is 32.5 Å². The van der Waals surface area contributed by atoms with Crippen LogP contribution in [0.3, 0.4) is 0 Å². The van der Waals surface area contributed by atoms with Crippen LogP contribution in [0.1, 0.15) is 24.6 Å². The van der Waals surface area contributed by atoms with E-state index in [4.69, 9.17) is 11.6 Å². The van der Waals surface area contributed by atoms with Gasteiger partial charge in [0.25, 0.3) is 0 Å². The lowest BCUT2D eigenvalue weighted by molar-refractivity contribution is -0.122. The second-order valence-corrected chi connectivity index (χ2v) is 5.98. The van der Waals surface area contributed by atoms with Crippen molar-refractivity contribution in [2.45, 2.75) is 26.8 Å². The zero-order chi connectivity index (χ0) is 16.8. The van der Waals surface area contributed by atoms with Crippen molar-refractivity contribution >= 4 is 17.5 Å². The summed E-state index contributed by atoms with van der Waals surface area (Å²) in [5.41, 5.74) is 2.75. The number of aryl methyl sites for hydroxylation is 1. The number of rotatable bonds is 7. The lowest BCUT2D eigenvalue weighted by Crippen LogP contribution is -2.35. The first-order valence-corrected chi connectivity index (χ1v) is 8.15. The monoisotopic (exact) mass is 334 g/mol. The van der Waals surface area contributed by atoms with Crippen LogP contribution in [0.4, 0.5) is 0 Å². The smallest absolute Gasteiger partial charge is 0.234 e. The molecule has 0 bridgehead atoms. The van der Waals surface area contributed by atoms with Gasteiger partial charge in [-0.1, -0.05) is 36.7 Å². The Labute approximate surface area is 142 Å². The van der Waals surface area contributed by atoms with E-state index < -0.39 is 0 Å². The normalized spacial score (nSPS) is 11.0. The highest BCUT2D eigenvalue weighted by Gasteiger charge is 2.17. The third-order valence-corrected chi connectivity index (χ3v) is 3.92. The van der Waals surface area contributed by atoms with Crippen molar-refractivity contribution in [3.8, 4) is 5.69 Å². The molecule has 5 nitrogen and oxygen atoms in total. The molecule has 0 atom stereocenters. The zero-order valence-electron chi connectivity index (χ0n) is 13.8. The second-order valence-electron chi connectivity index (χ2n) is 5.62. The maximum Gasteiger partial charge on any atom is 0.234 e. The van der Waals surface area contributed by atoms with Gasteiger partial charge in [0.15, 0.2) is 0 Å². The third kappa shape index (κ3) is 4.56. The van der Waals surface area contributed by atoms with Crippen LogP contribution in [-0.2, 0) is 11.3 Å². The van der Waals surface area contributed by atoms with Crippen molar-refractivity contribution in [1.29, 1.82) is 0 Å². The van der Waals surface area contributed by atoms with Crippen LogP contribution in [0.5, 0.6) is 0 Å². The van der Waals surface area contributed by atoms with Crippen molar-refractivity contribution in [3.05, 3.63) is 46.7 Å². The molecule has 0 aliphatic carbocycles. The van der Waals surface area contributed by atoms with Crippen molar-refractivity contribution in [3.63, 3.8) is 0 Å². The van der Waals surface area contributed by atoms with Gasteiger partial charge < -0.3 is 5.32 Å². The van der Waals surface area contributed by atoms with Gasteiger partial charge >= 0.3 is 0 Å². The molecule has 1 N–H and O–H groups in total. The maximum absolute atomic E-state index is 11.8. The molecule has 0 saturated carbocycles. The van der Waals surface area contributed by atoms with Crippen LogP contribution >= 0.6 is 11.6 Å². The van der Waals surface area contributed by atoms with Gasteiger partial charge in [0, 0.05) is 18.7 Å². The van der Waals surface area contributed by atoms with Crippen molar-refractivity contribution < 1.29 is 4.79 Å². The van der Waals surface area contributed by atoms with E-state index in [9.17, 15) is 4.79 Å². The first kappa shape index (κ1) is 17.5.